The van der Waals surface area contributed by atoms with Crippen molar-refractivity contribution in [2.45, 2.75) is 39.0 Å². The van der Waals surface area contributed by atoms with Gasteiger partial charge in [0, 0.05) is 19.6 Å². The Morgan fingerprint density at radius 1 is 1.21 bits per heavy atom. The summed E-state index contributed by atoms with van der Waals surface area (Å²) in [4.78, 5) is 28.3. The van der Waals surface area contributed by atoms with Crippen molar-refractivity contribution < 1.29 is 14.3 Å². The molecule has 2 aliphatic heterocycles. The van der Waals surface area contributed by atoms with Crippen LogP contribution in [0.15, 0.2) is 36.4 Å². The first-order chi connectivity index (χ1) is 14.2. The Labute approximate surface area is 170 Å². The molecule has 2 amide bonds. The molecule has 29 heavy (non-hydrogen) atoms. The maximum Gasteiger partial charge on any atom is 0.270 e. The maximum absolute atomic E-state index is 13.2. The molecule has 152 valence electrons. The number of rotatable bonds is 5. The van der Waals surface area contributed by atoms with Crippen LogP contribution in [0.25, 0.3) is 0 Å². The molecule has 1 aromatic carbocycles. The number of hydrogen-bond donors (Lipinski definition) is 1. The minimum Gasteiger partial charge on any atom is -0.373 e. The summed E-state index contributed by atoms with van der Waals surface area (Å²) < 4.78 is 7.61. The zero-order chi connectivity index (χ0) is 20.0. The lowest BCUT2D eigenvalue weighted by Gasteiger charge is -2.22. The van der Waals surface area contributed by atoms with E-state index in [0.717, 1.165) is 30.8 Å². The Kier molecular flexibility index (Phi) is 4.66. The van der Waals surface area contributed by atoms with Gasteiger partial charge in [-0.1, -0.05) is 37.3 Å². The third-order valence-corrected chi connectivity index (χ3v) is 6.55. The average Bonchev–Trinajstić information content (AvgIpc) is 3.20. The van der Waals surface area contributed by atoms with Crippen molar-refractivity contribution in [3.05, 3.63) is 58.9 Å². The van der Waals surface area contributed by atoms with Crippen LogP contribution in [0.3, 0.4) is 0 Å². The summed E-state index contributed by atoms with van der Waals surface area (Å²) in [6.45, 7) is 5.31. The summed E-state index contributed by atoms with van der Waals surface area (Å²) in [5, 5.41) is 3.15. The normalized spacial score (nSPS) is 23.3. The van der Waals surface area contributed by atoms with E-state index in [-0.39, 0.29) is 17.9 Å². The summed E-state index contributed by atoms with van der Waals surface area (Å²) in [6, 6.07) is 11.7. The van der Waals surface area contributed by atoms with Gasteiger partial charge in [-0.15, -0.1) is 0 Å². The van der Waals surface area contributed by atoms with E-state index in [1.807, 2.05) is 39.8 Å². The second-order valence-electron chi connectivity index (χ2n) is 8.41. The van der Waals surface area contributed by atoms with Crippen molar-refractivity contribution in [3.8, 4) is 0 Å². The summed E-state index contributed by atoms with van der Waals surface area (Å²) in [7, 11) is 0. The minimum absolute atomic E-state index is 0.0505. The van der Waals surface area contributed by atoms with Crippen molar-refractivity contribution in [2.24, 2.45) is 11.8 Å². The van der Waals surface area contributed by atoms with Crippen molar-refractivity contribution in [2.75, 3.05) is 19.7 Å². The van der Waals surface area contributed by atoms with Gasteiger partial charge in [-0.05, 0) is 36.3 Å². The largest absolute Gasteiger partial charge is 0.373 e. The number of aromatic nitrogens is 1. The second kappa shape index (κ2) is 7.34. The predicted molar refractivity (Wildman–Crippen MR) is 109 cm³/mol. The van der Waals surface area contributed by atoms with E-state index in [9.17, 15) is 9.59 Å². The van der Waals surface area contributed by atoms with Crippen LogP contribution >= 0.6 is 0 Å². The molecule has 5 rings (SSSR count). The number of carbonyl (C=O) groups excluding carboxylic acids is 2. The Bertz CT molecular complexity index is 926. The molecule has 1 saturated carbocycles. The van der Waals surface area contributed by atoms with Gasteiger partial charge in [0.2, 0.25) is 0 Å². The van der Waals surface area contributed by atoms with Crippen LogP contribution in [0, 0.1) is 11.8 Å². The second-order valence-corrected chi connectivity index (χ2v) is 8.41. The first-order valence-electron chi connectivity index (χ1n) is 10.6. The smallest absolute Gasteiger partial charge is 0.270 e. The molecule has 1 saturated heterocycles. The van der Waals surface area contributed by atoms with E-state index in [1.54, 1.807) is 6.07 Å². The Morgan fingerprint density at radius 2 is 1.97 bits per heavy atom. The number of piperidine rings is 1. The average molecular weight is 393 g/mol. The Morgan fingerprint density at radius 3 is 2.69 bits per heavy atom. The molecule has 3 heterocycles. The van der Waals surface area contributed by atoms with E-state index in [4.69, 9.17) is 4.74 Å². The lowest BCUT2D eigenvalue weighted by molar-refractivity contribution is 0.0703. The third kappa shape index (κ3) is 3.35. The zero-order valence-electron chi connectivity index (χ0n) is 16.8. The highest BCUT2D eigenvalue weighted by molar-refractivity contribution is 6.01. The molecule has 0 radical (unpaired) electrons. The summed E-state index contributed by atoms with van der Waals surface area (Å²) in [5.74, 6) is 1.29. The first kappa shape index (κ1) is 18.4. The quantitative estimate of drug-likeness (QED) is 0.849. The van der Waals surface area contributed by atoms with Crippen LogP contribution in [0.2, 0.25) is 0 Å². The van der Waals surface area contributed by atoms with Gasteiger partial charge < -0.3 is 19.5 Å². The standard InChI is InChI=1S/C23H27N3O3/c1-2-19(15-6-4-3-5-7-15)24-22(27)18-11-20(26-8-9-29-14-21(18)26)23(28)25-12-16-10-17(16)13-25/h3-7,11,16-17,19H,2,8-10,12-14H2,1H3,(H,24,27)/t16?,17?,19-/m1/s1. The van der Waals surface area contributed by atoms with Gasteiger partial charge in [0.15, 0.2) is 0 Å². The topological polar surface area (TPSA) is 63.6 Å². The number of ether oxygens (including phenoxy) is 1. The molecular formula is C23H27N3O3. The third-order valence-electron chi connectivity index (χ3n) is 6.55. The van der Waals surface area contributed by atoms with E-state index in [2.05, 4.69) is 12.2 Å². The molecule has 2 aromatic rings. The van der Waals surface area contributed by atoms with Crippen LogP contribution in [0.1, 0.15) is 57.9 Å². The van der Waals surface area contributed by atoms with Crippen LogP contribution < -0.4 is 5.32 Å². The zero-order valence-corrected chi connectivity index (χ0v) is 16.8. The predicted octanol–water partition coefficient (Wildman–Crippen LogP) is 2.99. The van der Waals surface area contributed by atoms with Crippen LogP contribution in [0.4, 0.5) is 0 Å². The van der Waals surface area contributed by atoms with Crippen LogP contribution in [0.5, 0.6) is 0 Å². The number of fused-ring (bicyclic) bond motifs is 2. The highest BCUT2D eigenvalue weighted by Crippen LogP contribution is 2.45. The highest BCUT2D eigenvalue weighted by Gasteiger charge is 2.47. The summed E-state index contributed by atoms with van der Waals surface area (Å²) in [5.41, 5.74) is 3.08. The van der Waals surface area contributed by atoms with Crippen molar-refractivity contribution in [1.82, 2.24) is 14.8 Å². The fourth-order valence-corrected chi connectivity index (χ4v) is 4.77. The van der Waals surface area contributed by atoms with Gasteiger partial charge in [0.25, 0.3) is 11.8 Å². The number of nitrogens with zero attached hydrogens (tertiary/aromatic N) is 2. The van der Waals surface area contributed by atoms with Gasteiger partial charge in [-0.3, -0.25) is 9.59 Å². The molecule has 0 bridgehead atoms. The molecule has 2 fully saturated rings. The summed E-state index contributed by atoms with van der Waals surface area (Å²) >= 11 is 0. The lowest BCUT2D eigenvalue weighted by atomic mass is 10.0. The summed E-state index contributed by atoms with van der Waals surface area (Å²) in [6.07, 6.45) is 2.06. The number of hydrogen-bond acceptors (Lipinski definition) is 3. The molecule has 1 aliphatic carbocycles. The number of nitrogens with one attached hydrogen (secondary N) is 1. The van der Waals surface area contributed by atoms with E-state index >= 15 is 0 Å². The van der Waals surface area contributed by atoms with Crippen molar-refractivity contribution >= 4 is 11.8 Å². The fourth-order valence-electron chi connectivity index (χ4n) is 4.77. The van der Waals surface area contributed by atoms with Crippen LogP contribution in [-0.4, -0.2) is 41.0 Å². The molecule has 0 spiro atoms. The molecular weight excluding hydrogens is 366 g/mol. The fraction of sp³-hybridized carbons (Fsp3) is 0.478. The molecule has 2 unspecified atom stereocenters. The Hall–Kier alpha value is -2.60. The minimum atomic E-state index is -0.140. The lowest BCUT2D eigenvalue weighted by Crippen LogP contribution is -2.33. The number of carbonyl (C=O) groups is 2. The van der Waals surface area contributed by atoms with Gasteiger partial charge in [-0.2, -0.15) is 0 Å². The Balaban J connectivity index is 1.41. The number of benzene rings is 1. The van der Waals surface area contributed by atoms with Crippen molar-refractivity contribution in [1.29, 1.82) is 0 Å². The van der Waals surface area contributed by atoms with E-state index in [0.29, 0.717) is 42.9 Å². The highest BCUT2D eigenvalue weighted by atomic mass is 16.5. The van der Waals surface area contributed by atoms with Crippen LogP contribution in [-0.2, 0) is 17.9 Å². The van der Waals surface area contributed by atoms with Gasteiger partial charge >= 0.3 is 0 Å². The molecule has 3 aliphatic rings. The van der Waals surface area contributed by atoms with Gasteiger partial charge in [0.05, 0.1) is 30.5 Å². The molecule has 1 N–H and O–H groups in total. The van der Waals surface area contributed by atoms with Crippen molar-refractivity contribution in [3.63, 3.8) is 0 Å². The van der Waals surface area contributed by atoms with E-state index in [1.165, 1.54) is 6.42 Å². The first-order valence-corrected chi connectivity index (χ1v) is 10.6. The molecule has 1 aromatic heterocycles. The van der Waals surface area contributed by atoms with Gasteiger partial charge in [0.1, 0.15) is 5.69 Å². The number of likely N-dealkylation sites (tertiary alicyclic amines) is 1. The SMILES string of the molecule is CC[C@@H](NC(=O)c1cc(C(=O)N2CC3CC3C2)n2c1COCC2)c1ccccc1. The van der Waals surface area contributed by atoms with E-state index < -0.39 is 0 Å². The molecule has 6 heteroatoms. The molecule has 3 atom stereocenters. The molecule has 6 nitrogen and oxygen atoms in total. The maximum atomic E-state index is 13.2. The van der Waals surface area contributed by atoms with Gasteiger partial charge in [-0.25, -0.2) is 0 Å². The monoisotopic (exact) mass is 393 g/mol. The number of amides is 2.